The summed E-state index contributed by atoms with van der Waals surface area (Å²) < 4.78 is 14.0. The first-order valence-corrected chi connectivity index (χ1v) is 6.33. The van der Waals surface area contributed by atoms with Crippen molar-refractivity contribution in [2.75, 3.05) is 14.1 Å². The van der Waals surface area contributed by atoms with Crippen molar-refractivity contribution >= 4 is 0 Å². The van der Waals surface area contributed by atoms with Gasteiger partial charge in [0.2, 0.25) is 0 Å². The van der Waals surface area contributed by atoms with E-state index < -0.39 is 0 Å². The van der Waals surface area contributed by atoms with Crippen LogP contribution in [0.5, 0.6) is 0 Å². The quantitative estimate of drug-likeness (QED) is 0.913. The molecule has 0 aliphatic rings. The lowest BCUT2D eigenvalue weighted by Crippen LogP contribution is -2.22. The van der Waals surface area contributed by atoms with Crippen LogP contribution in [0.1, 0.15) is 22.7 Å². The summed E-state index contributed by atoms with van der Waals surface area (Å²) in [5, 5.41) is 0. The predicted molar refractivity (Wildman–Crippen MR) is 76.3 cm³/mol. The van der Waals surface area contributed by atoms with Gasteiger partial charge in [-0.3, -0.25) is 4.90 Å². The first-order chi connectivity index (χ1) is 9.13. The van der Waals surface area contributed by atoms with E-state index in [1.807, 2.05) is 55.4 Å². The van der Waals surface area contributed by atoms with Gasteiger partial charge in [0.25, 0.3) is 0 Å². The van der Waals surface area contributed by atoms with Crippen LogP contribution in [0.2, 0.25) is 0 Å². The zero-order chi connectivity index (χ0) is 13.8. The number of benzene rings is 2. The van der Waals surface area contributed by atoms with Gasteiger partial charge in [-0.15, -0.1) is 0 Å². The van der Waals surface area contributed by atoms with E-state index in [4.69, 9.17) is 5.73 Å². The molecule has 0 saturated heterocycles. The molecule has 0 amide bonds. The van der Waals surface area contributed by atoms with Crippen LogP contribution in [-0.2, 0) is 6.54 Å². The number of hydrogen-bond acceptors (Lipinski definition) is 2. The van der Waals surface area contributed by atoms with Gasteiger partial charge in [0.1, 0.15) is 5.82 Å². The van der Waals surface area contributed by atoms with Gasteiger partial charge < -0.3 is 5.73 Å². The summed E-state index contributed by atoms with van der Waals surface area (Å²) in [5.41, 5.74) is 8.47. The molecule has 2 N–H and O–H groups in total. The molecule has 2 rings (SSSR count). The molecule has 100 valence electrons. The minimum atomic E-state index is -0.181. The van der Waals surface area contributed by atoms with E-state index in [-0.39, 0.29) is 11.9 Å². The Bertz CT molecular complexity index is 552. The molecule has 0 bridgehead atoms. The largest absolute Gasteiger partial charge is 0.326 e. The fraction of sp³-hybridized carbons (Fsp3) is 0.250. The van der Waals surface area contributed by atoms with E-state index in [1.54, 1.807) is 6.07 Å². The van der Waals surface area contributed by atoms with Gasteiger partial charge in [0.15, 0.2) is 0 Å². The molecule has 2 aromatic carbocycles. The first-order valence-electron chi connectivity index (χ1n) is 6.33. The van der Waals surface area contributed by atoms with Crippen LogP contribution < -0.4 is 5.73 Å². The monoisotopic (exact) mass is 258 g/mol. The van der Waals surface area contributed by atoms with Crippen molar-refractivity contribution in [3.05, 3.63) is 71.0 Å². The summed E-state index contributed by atoms with van der Waals surface area (Å²) in [4.78, 5) is 2.01. The van der Waals surface area contributed by atoms with Gasteiger partial charge in [-0.25, -0.2) is 4.39 Å². The van der Waals surface area contributed by atoms with Gasteiger partial charge in [0, 0.05) is 12.1 Å². The molecule has 3 heteroatoms. The van der Waals surface area contributed by atoms with Crippen molar-refractivity contribution in [2.45, 2.75) is 12.6 Å². The van der Waals surface area contributed by atoms with E-state index in [0.29, 0.717) is 12.1 Å². The lowest BCUT2D eigenvalue weighted by molar-refractivity contribution is 0.333. The van der Waals surface area contributed by atoms with Crippen LogP contribution in [-0.4, -0.2) is 19.0 Å². The van der Waals surface area contributed by atoms with Crippen LogP contribution in [0.3, 0.4) is 0 Å². The van der Waals surface area contributed by atoms with E-state index in [2.05, 4.69) is 0 Å². The number of halogens is 1. The average Bonchev–Trinajstić information content (AvgIpc) is 2.41. The Balaban J connectivity index is 2.49. The number of hydrogen-bond donors (Lipinski definition) is 1. The molecule has 1 atom stereocenters. The molecule has 19 heavy (non-hydrogen) atoms. The Kier molecular flexibility index (Phi) is 4.30. The second kappa shape index (κ2) is 5.95. The Morgan fingerprint density at radius 2 is 1.84 bits per heavy atom. The molecule has 0 fully saturated rings. The van der Waals surface area contributed by atoms with Crippen molar-refractivity contribution in [3.8, 4) is 0 Å². The molecule has 0 saturated carbocycles. The lowest BCUT2D eigenvalue weighted by Gasteiger charge is -2.26. The normalized spacial score (nSPS) is 12.7. The molecule has 0 spiro atoms. The van der Waals surface area contributed by atoms with E-state index in [1.165, 1.54) is 6.07 Å². The van der Waals surface area contributed by atoms with Gasteiger partial charge in [0.05, 0.1) is 6.04 Å². The molecule has 2 nitrogen and oxygen atoms in total. The van der Waals surface area contributed by atoms with Crippen LogP contribution in [0, 0.1) is 5.82 Å². The zero-order valence-corrected chi connectivity index (χ0v) is 11.3. The maximum Gasteiger partial charge on any atom is 0.128 e. The third-order valence-electron chi connectivity index (χ3n) is 3.22. The third kappa shape index (κ3) is 3.00. The van der Waals surface area contributed by atoms with Crippen LogP contribution in [0.15, 0.2) is 48.5 Å². The Morgan fingerprint density at radius 1 is 1.11 bits per heavy atom. The molecule has 0 aliphatic heterocycles. The van der Waals surface area contributed by atoms with Crippen molar-refractivity contribution in [1.82, 2.24) is 4.90 Å². The maximum absolute atomic E-state index is 14.0. The number of nitrogens with two attached hydrogens (primary N) is 1. The minimum Gasteiger partial charge on any atom is -0.326 e. The molecule has 0 heterocycles. The molecule has 0 aromatic heterocycles. The predicted octanol–water partition coefficient (Wildman–Crippen LogP) is 2.94. The summed E-state index contributed by atoms with van der Waals surface area (Å²) in [5.74, 6) is -0.181. The number of rotatable bonds is 4. The highest BCUT2D eigenvalue weighted by molar-refractivity contribution is 5.35. The highest BCUT2D eigenvalue weighted by atomic mass is 19.1. The van der Waals surface area contributed by atoms with E-state index >= 15 is 0 Å². The summed E-state index contributed by atoms with van der Waals surface area (Å²) in [6.45, 7) is 0.491. The van der Waals surface area contributed by atoms with Gasteiger partial charge in [-0.05, 0) is 31.3 Å². The minimum absolute atomic E-state index is 0.104. The highest BCUT2D eigenvalue weighted by Crippen LogP contribution is 2.28. The summed E-state index contributed by atoms with van der Waals surface area (Å²) in [7, 11) is 3.90. The van der Waals surface area contributed by atoms with Gasteiger partial charge >= 0.3 is 0 Å². The maximum atomic E-state index is 14.0. The smallest absolute Gasteiger partial charge is 0.128 e. The van der Waals surface area contributed by atoms with Crippen LogP contribution in [0.25, 0.3) is 0 Å². The average molecular weight is 258 g/mol. The first kappa shape index (κ1) is 13.7. The fourth-order valence-corrected chi connectivity index (χ4v) is 2.34. The van der Waals surface area contributed by atoms with E-state index in [9.17, 15) is 4.39 Å². The Morgan fingerprint density at radius 3 is 2.47 bits per heavy atom. The topological polar surface area (TPSA) is 29.3 Å². The summed E-state index contributed by atoms with van der Waals surface area (Å²) in [6, 6.07) is 14.8. The zero-order valence-electron chi connectivity index (χ0n) is 11.3. The van der Waals surface area contributed by atoms with Gasteiger partial charge in [-0.1, -0.05) is 42.5 Å². The second-order valence-corrected chi connectivity index (χ2v) is 4.84. The lowest BCUT2D eigenvalue weighted by atomic mass is 9.96. The summed E-state index contributed by atoms with van der Waals surface area (Å²) in [6.07, 6.45) is 0. The fourth-order valence-electron chi connectivity index (χ4n) is 2.34. The standard InChI is InChI=1S/C16H19FN2/c1-19(2)16(14-8-3-4-9-15(14)17)13-7-5-6-12(10-13)11-18/h3-10,16H,11,18H2,1-2H3. The second-order valence-electron chi connectivity index (χ2n) is 4.84. The van der Waals surface area contributed by atoms with Crippen LogP contribution in [0.4, 0.5) is 4.39 Å². The highest BCUT2D eigenvalue weighted by Gasteiger charge is 2.19. The molecule has 2 aromatic rings. The molecular weight excluding hydrogens is 239 g/mol. The van der Waals surface area contributed by atoms with E-state index in [0.717, 1.165) is 11.1 Å². The molecule has 0 aliphatic carbocycles. The molecule has 1 unspecified atom stereocenters. The van der Waals surface area contributed by atoms with Gasteiger partial charge in [-0.2, -0.15) is 0 Å². The summed E-state index contributed by atoms with van der Waals surface area (Å²) >= 11 is 0. The Hall–Kier alpha value is -1.71. The van der Waals surface area contributed by atoms with Crippen LogP contribution >= 0.6 is 0 Å². The third-order valence-corrected chi connectivity index (χ3v) is 3.22. The van der Waals surface area contributed by atoms with Crippen molar-refractivity contribution in [3.63, 3.8) is 0 Å². The molecular formula is C16H19FN2. The SMILES string of the molecule is CN(C)C(c1cccc(CN)c1)c1ccccc1F. The van der Waals surface area contributed by atoms with Crippen molar-refractivity contribution in [1.29, 1.82) is 0 Å². The number of nitrogens with zero attached hydrogens (tertiary/aromatic N) is 1. The van der Waals surface area contributed by atoms with Crippen molar-refractivity contribution < 1.29 is 4.39 Å². The molecule has 0 radical (unpaired) electrons. The van der Waals surface area contributed by atoms with Crippen molar-refractivity contribution in [2.24, 2.45) is 5.73 Å². The Labute approximate surface area is 113 Å².